The number of carbonyl (C=O) groups is 2. The smallest absolute Gasteiger partial charge is 0.241 e. The molecule has 1 atom stereocenters. The van der Waals surface area contributed by atoms with Crippen molar-refractivity contribution in [1.82, 2.24) is 15.0 Å². The lowest BCUT2D eigenvalue weighted by Crippen LogP contribution is -2.40. The number of benzene rings is 2. The van der Waals surface area contributed by atoms with Crippen LogP contribution < -0.4 is 10.6 Å². The molecule has 0 radical (unpaired) electrons. The van der Waals surface area contributed by atoms with Crippen LogP contribution in [0.4, 0.5) is 11.4 Å². The average Bonchev–Trinajstić information content (AvgIpc) is 3.22. The van der Waals surface area contributed by atoms with Crippen molar-refractivity contribution in [3.63, 3.8) is 0 Å². The molecule has 1 aliphatic heterocycles. The van der Waals surface area contributed by atoms with E-state index in [-0.39, 0.29) is 17.7 Å². The molecule has 9 heteroatoms. The summed E-state index contributed by atoms with van der Waals surface area (Å²) in [7, 11) is 0. The zero-order valence-corrected chi connectivity index (χ0v) is 19.3. The molecule has 1 fully saturated rings. The number of hydrogen-bond acceptors (Lipinski definition) is 6. The van der Waals surface area contributed by atoms with Gasteiger partial charge in [0, 0.05) is 34.9 Å². The van der Waals surface area contributed by atoms with Crippen LogP contribution in [0.2, 0.25) is 0 Å². The Bertz CT molecular complexity index is 1100. The monoisotopic (exact) mass is 497 g/mol. The minimum atomic E-state index is -0.152. The Morgan fingerprint density at radius 2 is 1.91 bits per heavy atom. The maximum absolute atomic E-state index is 12.8. The molecular formula is C23H24BrN5O3. The van der Waals surface area contributed by atoms with Crippen molar-refractivity contribution in [3.8, 4) is 11.4 Å². The molecule has 3 aromatic rings. The molecule has 1 aromatic heterocycles. The summed E-state index contributed by atoms with van der Waals surface area (Å²) in [4.78, 5) is 30.8. The summed E-state index contributed by atoms with van der Waals surface area (Å²) < 4.78 is 6.43. The molecule has 32 heavy (non-hydrogen) atoms. The Hall–Kier alpha value is -3.04. The summed E-state index contributed by atoms with van der Waals surface area (Å²) in [5, 5.41) is 9.78. The van der Waals surface area contributed by atoms with E-state index >= 15 is 0 Å². The fourth-order valence-electron chi connectivity index (χ4n) is 3.76. The highest BCUT2D eigenvalue weighted by atomic mass is 79.9. The van der Waals surface area contributed by atoms with Crippen LogP contribution in [0.5, 0.6) is 0 Å². The molecule has 2 aromatic carbocycles. The van der Waals surface area contributed by atoms with Crippen LogP contribution in [0.25, 0.3) is 11.4 Å². The molecule has 1 unspecified atom stereocenters. The first kappa shape index (κ1) is 22.2. The summed E-state index contributed by atoms with van der Waals surface area (Å²) in [6.07, 6.45) is 1.74. The maximum atomic E-state index is 12.8. The normalized spacial score (nSPS) is 16.5. The van der Waals surface area contributed by atoms with E-state index in [1.54, 1.807) is 18.2 Å². The fourth-order valence-corrected chi connectivity index (χ4v) is 4.03. The van der Waals surface area contributed by atoms with Gasteiger partial charge in [0.15, 0.2) is 0 Å². The SMILES string of the molecule is CC(=O)Nc1cccc(NC(=O)C2CCCN(Cc3nc(-c4ccc(Br)cc4)no3)C2)c1. The number of nitrogens with zero attached hydrogens (tertiary/aromatic N) is 3. The Morgan fingerprint density at radius 1 is 1.16 bits per heavy atom. The Balaban J connectivity index is 1.35. The molecule has 2 amide bonds. The van der Waals surface area contributed by atoms with E-state index < -0.39 is 0 Å². The van der Waals surface area contributed by atoms with E-state index in [0.717, 1.165) is 29.4 Å². The minimum Gasteiger partial charge on any atom is -0.338 e. The van der Waals surface area contributed by atoms with Gasteiger partial charge >= 0.3 is 0 Å². The third-order valence-corrected chi connectivity index (χ3v) is 5.78. The zero-order chi connectivity index (χ0) is 22.5. The lowest BCUT2D eigenvalue weighted by molar-refractivity contribution is -0.121. The van der Waals surface area contributed by atoms with Crippen LogP contribution >= 0.6 is 15.9 Å². The number of rotatable bonds is 6. The second kappa shape index (κ2) is 10.1. The Labute approximate surface area is 194 Å². The third-order valence-electron chi connectivity index (χ3n) is 5.26. The molecule has 0 bridgehead atoms. The van der Waals surface area contributed by atoms with Crippen molar-refractivity contribution in [2.75, 3.05) is 23.7 Å². The van der Waals surface area contributed by atoms with Crippen LogP contribution in [0, 0.1) is 5.92 Å². The topological polar surface area (TPSA) is 100 Å². The number of anilines is 2. The predicted molar refractivity (Wildman–Crippen MR) is 125 cm³/mol. The van der Waals surface area contributed by atoms with Crippen molar-refractivity contribution < 1.29 is 14.1 Å². The summed E-state index contributed by atoms with van der Waals surface area (Å²) in [5.41, 5.74) is 2.20. The molecule has 1 saturated heterocycles. The van der Waals surface area contributed by atoms with Crippen LogP contribution in [0.1, 0.15) is 25.7 Å². The number of aromatic nitrogens is 2. The standard InChI is InChI=1S/C23H24BrN5O3/c1-15(30)25-19-5-2-6-20(12-19)26-23(31)17-4-3-11-29(13-17)14-21-27-22(28-32-21)16-7-9-18(24)10-8-16/h2,5-10,12,17H,3-4,11,13-14H2,1H3,(H,25,30)(H,26,31). The van der Waals surface area contributed by atoms with Gasteiger partial charge in [-0.25, -0.2) is 0 Å². The first-order chi connectivity index (χ1) is 15.5. The van der Waals surface area contributed by atoms with Crippen molar-refractivity contribution in [3.05, 3.63) is 58.9 Å². The van der Waals surface area contributed by atoms with Crippen LogP contribution in [-0.2, 0) is 16.1 Å². The highest BCUT2D eigenvalue weighted by Gasteiger charge is 2.27. The van der Waals surface area contributed by atoms with Gasteiger partial charge in [0.1, 0.15) is 0 Å². The van der Waals surface area contributed by atoms with Crippen LogP contribution in [0.15, 0.2) is 57.5 Å². The molecule has 0 spiro atoms. The van der Waals surface area contributed by atoms with E-state index in [4.69, 9.17) is 4.52 Å². The Morgan fingerprint density at radius 3 is 2.66 bits per heavy atom. The molecule has 0 aliphatic carbocycles. The quantitative estimate of drug-likeness (QED) is 0.526. The molecule has 1 aliphatic rings. The predicted octanol–water partition coefficient (Wildman–Crippen LogP) is 4.31. The van der Waals surface area contributed by atoms with Gasteiger partial charge in [-0.2, -0.15) is 4.98 Å². The van der Waals surface area contributed by atoms with E-state index in [9.17, 15) is 9.59 Å². The highest BCUT2D eigenvalue weighted by molar-refractivity contribution is 9.10. The fraction of sp³-hybridized carbons (Fsp3) is 0.304. The molecule has 2 heterocycles. The van der Waals surface area contributed by atoms with Gasteiger partial charge in [0.25, 0.3) is 0 Å². The second-order valence-electron chi connectivity index (χ2n) is 7.84. The molecule has 0 saturated carbocycles. The van der Waals surface area contributed by atoms with E-state index in [1.807, 2.05) is 30.3 Å². The van der Waals surface area contributed by atoms with Gasteiger partial charge in [0.05, 0.1) is 12.5 Å². The molecule has 166 valence electrons. The number of halogens is 1. The van der Waals surface area contributed by atoms with Crippen molar-refractivity contribution in [2.45, 2.75) is 26.3 Å². The summed E-state index contributed by atoms with van der Waals surface area (Å²) in [5.74, 6) is 0.767. The van der Waals surface area contributed by atoms with E-state index in [2.05, 4.69) is 41.6 Å². The number of likely N-dealkylation sites (tertiary alicyclic amines) is 1. The first-order valence-electron chi connectivity index (χ1n) is 10.5. The van der Waals surface area contributed by atoms with Crippen LogP contribution in [-0.4, -0.2) is 39.9 Å². The number of piperidine rings is 1. The average molecular weight is 498 g/mol. The van der Waals surface area contributed by atoms with Gasteiger partial charge in [-0.1, -0.05) is 27.2 Å². The summed E-state index contributed by atoms with van der Waals surface area (Å²) >= 11 is 3.42. The second-order valence-corrected chi connectivity index (χ2v) is 8.76. The molecule has 2 N–H and O–H groups in total. The number of amides is 2. The number of hydrogen-bond donors (Lipinski definition) is 2. The van der Waals surface area contributed by atoms with Gasteiger partial charge in [0.2, 0.25) is 23.5 Å². The highest BCUT2D eigenvalue weighted by Crippen LogP contribution is 2.23. The largest absolute Gasteiger partial charge is 0.338 e. The number of carbonyl (C=O) groups excluding carboxylic acids is 2. The van der Waals surface area contributed by atoms with E-state index in [0.29, 0.717) is 36.2 Å². The van der Waals surface area contributed by atoms with Crippen molar-refractivity contribution in [2.24, 2.45) is 5.92 Å². The summed E-state index contributed by atoms with van der Waals surface area (Å²) in [6, 6.07) is 14.9. The maximum Gasteiger partial charge on any atom is 0.241 e. The lowest BCUT2D eigenvalue weighted by Gasteiger charge is -2.30. The van der Waals surface area contributed by atoms with Gasteiger partial charge in [-0.05, 0) is 61.9 Å². The molecular weight excluding hydrogens is 474 g/mol. The Kier molecular flexibility index (Phi) is 6.96. The minimum absolute atomic E-state index is 0.0317. The zero-order valence-electron chi connectivity index (χ0n) is 17.7. The third kappa shape index (κ3) is 5.80. The van der Waals surface area contributed by atoms with E-state index in [1.165, 1.54) is 6.92 Å². The molecule has 8 nitrogen and oxygen atoms in total. The van der Waals surface area contributed by atoms with Gasteiger partial charge < -0.3 is 15.2 Å². The van der Waals surface area contributed by atoms with Crippen LogP contribution in [0.3, 0.4) is 0 Å². The van der Waals surface area contributed by atoms with Crippen molar-refractivity contribution >= 4 is 39.1 Å². The lowest BCUT2D eigenvalue weighted by atomic mass is 9.97. The summed E-state index contributed by atoms with van der Waals surface area (Å²) in [6.45, 7) is 3.45. The first-order valence-corrected chi connectivity index (χ1v) is 11.2. The van der Waals surface area contributed by atoms with Gasteiger partial charge in [-0.15, -0.1) is 0 Å². The molecule has 4 rings (SSSR count). The van der Waals surface area contributed by atoms with Crippen molar-refractivity contribution in [1.29, 1.82) is 0 Å². The number of nitrogens with one attached hydrogen (secondary N) is 2. The van der Waals surface area contributed by atoms with Gasteiger partial charge in [-0.3, -0.25) is 14.5 Å².